The molecule has 3 aromatic rings. The van der Waals surface area contributed by atoms with E-state index in [1.807, 2.05) is 45.0 Å². The van der Waals surface area contributed by atoms with Gasteiger partial charge >= 0.3 is 6.03 Å². The number of hydrogen-bond donors (Lipinski definition) is 2. The maximum atomic E-state index is 12.3. The van der Waals surface area contributed by atoms with Crippen LogP contribution in [0.5, 0.6) is 0 Å². The lowest BCUT2D eigenvalue weighted by molar-refractivity contribution is 0.0983. The molecule has 0 aliphatic heterocycles. The number of aryl methyl sites for hydroxylation is 3. The van der Waals surface area contributed by atoms with Gasteiger partial charge in [-0.3, -0.25) is 14.8 Å². The minimum Gasteiger partial charge on any atom is -0.334 e. The fourth-order valence-electron chi connectivity index (χ4n) is 3.32. The molecule has 6 nitrogen and oxygen atoms in total. The lowest BCUT2D eigenvalue weighted by Crippen LogP contribution is -2.28. The highest BCUT2D eigenvalue weighted by atomic mass is 16.2. The summed E-state index contributed by atoms with van der Waals surface area (Å²) in [6.07, 6.45) is 4.64. The summed E-state index contributed by atoms with van der Waals surface area (Å²) in [7, 11) is 0. The highest BCUT2D eigenvalue weighted by molar-refractivity contribution is 5.94. The maximum absolute atomic E-state index is 12.3. The fourth-order valence-corrected chi connectivity index (χ4v) is 3.32. The zero-order valence-electron chi connectivity index (χ0n) is 18.5. The van der Waals surface area contributed by atoms with Gasteiger partial charge in [0.25, 0.3) is 0 Å². The van der Waals surface area contributed by atoms with Crippen molar-refractivity contribution in [1.82, 2.24) is 15.3 Å². The molecule has 2 heterocycles. The largest absolute Gasteiger partial charge is 0.334 e. The minimum atomic E-state index is -0.262. The molecular weight excluding hydrogens is 388 g/mol. The van der Waals surface area contributed by atoms with Gasteiger partial charge in [0, 0.05) is 25.4 Å². The van der Waals surface area contributed by atoms with Gasteiger partial charge < -0.3 is 10.6 Å². The molecule has 0 unspecified atom stereocenters. The first-order valence-corrected chi connectivity index (χ1v) is 10.4. The summed E-state index contributed by atoms with van der Waals surface area (Å²) in [5, 5.41) is 5.75. The van der Waals surface area contributed by atoms with E-state index in [0.717, 1.165) is 34.4 Å². The van der Waals surface area contributed by atoms with E-state index in [2.05, 4.69) is 39.7 Å². The number of benzene rings is 1. The van der Waals surface area contributed by atoms with Gasteiger partial charge in [0.1, 0.15) is 5.69 Å². The first-order valence-electron chi connectivity index (χ1n) is 10.4. The Balaban J connectivity index is 1.61. The molecular formula is C25H28N4O2. The van der Waals surface area contributed by atoms with Crippen LogP contribution in [0.1, 0.15) is 57.3 Å². The maximum Gasteiger partial charge on any atom is 0.319 e. The Kier molecular flexibility index (Phi) is 7.13. The number of anilines is 1. The van der Waals surface area contributed by atoms with Gasteiger partial charge in [0.15, 0.2) is 5.78 Å². The van der Waals surface area contributed by atoms with Crippen LogP contribution >= 0.6 is 0 Å². The third kappa shape index (κ3) is 5.98. The summed E-state index contributed by atoms with van der Waals surface area (Å²) >= 11 is 0. The standard InChI is InChI=1S/C25H28N4O2/c1-5-24(30)23-13-19(8-9-26-23)12-21-7-6-20(11-17(21)3)15-28-25(31)29-22-10-16(2)14-27-18(22)4/h6-11,13-14H,5,12,15H2,1-4H3,(H2,28,29,31). The number of amides is 2. The number of carbonyl (C=O) groups is 2. The van der Waals surface area contributed by atoms with Crippen molar-refractivity contribution in [3.05, 3.63) is 88.0 Å². The van der Waals surface area contributed by atoms with Crippen molar-refractivity contribution in [2.24, 2.45) is 0 Å². The number of nitrogens with one attached hydrogen (secondary N) is 2. The molecule has 0 aliphatic carbocycles. The highest BCUT2D eigenvalue weighted by Gasteiger charge is 2.09. The van der Waals surface area contributed by atoms with Crippen molar-refractivity contribution in [2.75, 3.05) is 5.32 Å². The normalized spacial score (nSPS) is 10.6. The average molecular weight is 417 g/mol. The molecule has 0 aliphatic rings. The van der Waals surface area contributed by atoms with Crippen molar-refractivity contribution < 1.29 is 9.59 Å². The molecule has 31 heavy (non-hydrogen) atoms. The van der Waals surface area contributed by atoms with Crippen LogP contribution in [-0.2, 0) is 13.0 Å². The van der Waals surface area contributed by atoms with Crippen LogP contribution < -0.4 is 10.6 Å². The van der Waals surface area contributed by atoms with Crippen molar-refractivity contribution in [3.8, 4) is 0 Å². The molecule has 6 heteroatoms. The molecule has 2 aromatic heterocycles. The topological polar surface area (TPSA) is 84.0 Å². The zero-order valence-corrected chi connectivity index (χ0v) is 18.5. The van der Waals surface area contributed by atoms with E-state index in [4.69, 9.17) is 0 Å². The highest BCUT2D eigenvalue weighted by Crippen LogP contribution is 2.17. The molecule has 0 saturated heterocycles. The lowest BCUT2D eigenvalue weighted by atomic mass is 9.98. The number of hydrogen-bond acceptors (Lipinski definition) is 4. The first-order chi connectivity index (χ1) is 14.9. The molecule has 3 rings (SSSR count). The van der Waals surface area contributed by atoms with Crippen molar-refractivity contribution in [2.45, 2.75) is 47.1 Å². The number of urea groups is 1. The Hall–Kier alpha value is -3.54. The Bertz CT molecular complexity index is 1110. The summed E-state index contributed by atoms with van der Waals surface area (Å²) in [6, 6.07) is 11.6. The Morgan fingerprint density at radius 1 is 0.968 bits per heavy atom. The quantitative estimate of drug-likeness (QED) is 0.536. The molecule has 0 spiro atoms. The zero-order chi connectivity index (χ0) is 22.4. The molecule has 0 radical (unpaired) electrons. The SMILES string of the molecule is CCC(=O)c1cc(Cc2ccc(CNC(=O)Nc3cc(C)cnc3C)cc2C)ccn1. The van der Waals surface area contributed by atoms with E-state index in [1.165, 1.54) is 5.56 Å². The Morgan fingerprint density at radius 2 is 1.77 bits per heavy atom. The van der Waals surface area contributed by atoms with Gasteiger partial charge in [-0.25, -0.2) is 4.79 Å². The van der Waals surface area contributed by atoms with Crippen LogP contribution in [0.4, 0.5) is 10.5 Å². The number of pyridine rings is 2. The molecule has 1 aromatic carbocycles. The summed E-state index contributed by atoms with van der Waals surface area (Å²) in [5.41, 5.74) is 7.39. The van der Waals surface area contributed by atoms with Crippen molar-refractivity contribution >= 4 is 17.5 Å². The van der Waals surface area contributed by atoms with Crippen LogP contribution in [0.25, 0.3) is 0 Å². The first kappa shape index (κ1) is 22.2. The molecule has 2 N–H and O–H groups in total. The van der Waals surface area contributed by atoms with Crippen molar-refractivity contribution in [1.29, 1.82) is 0 Å². The molecule has 2 amide bonds. The average Bonchev–Trinajstić information content (AvgIpc) is 2.76. The predicted octanol–water partition coefficient (Wildman–Crippen LogP) is 4.91. The van der Waals surface area contributed by atoms with Crippen molar-refractivity contribution in [3.63, 3.8) is 0 Å². The van der Waals surface area contributed by atoms with E-state index in [-0.39, 0.29) is 11.8 Å². The number of rotatable bonds is 7. The van der Waals surface area contributed by atoms with Crippen LogP contribution in [0, 0.1) is 20.8 Å². The number of Topliss-reactive ketones (excluding diaryl/α,β-unsaturated/α-hetero) is 1. The van der Waals surface area contributed by atoms with E-state index < -0.39 is 0 Å². The van der Waals surface area contributed by atoms with Crippen LogP contribution in [0.3, 0.4) is 0 Å². The minimum absolute atomic E-state index is 0.0508. The third-order valence-electron chi connectivity index (χ3n) is 5.16. The van der Waals surface area contributed by atoms with Gasteiger partial charge in [-0.05, 0) is 73.2 Å². The summed E-state index contributed by atoms with van der Waals surface area (Å²) in [5.74, 6) is 0.0508. The van der Waals surface area contributed by atoms with Gasteiger partial charge in [0.2, 0.25) is 0 Å². The Labute approximate surface area is 183 Å². The molecule has 160 valence electrons. The van der Waals surface area contributed by atoms with E-state index in [9.17, 15) is 9.59 Å². The second-order valence-electron chi connectivity index (χ2n) is 7.72. The monoisotopic (exact) mass is 416 g/mol. The predicted molar refractivity (Wildman–Crippen MR) is 122 cm³/mol. The molecule has 0 fully saturated rings. The van der Waals surface area contributed by atoms with Crippen LogP contribution in [0.15, 0.2) is 48.8 Å². The number of carbonyl (C=O) groups excluding carboxylic acids is 2. The molecule has 0 saturated carbocycles. The van der Waals surface area contributed by atoms with Crippen LogP contribution in [-0.4, -0.2) is 21.8 Å². The number of nitrogens with zero attached hydrogens (tertiary/aromatic N) is 2. The second kappa shape index (κ2) is 9.98. The van der Waals surface area contributed by atoms with E-state index in [0.29, 0.717) is 24.3 Å². The van der Waals surface area contributed by atoms with Crippen LogP contribution in [0.2, 0.25) is 0 Å². The second-order valence-corrected chi connectivity index (χ2v) is 7.72. The van der Waals surface area contributed by atoms with Gasteiger partial charge in [-0.1, -0.05) is 25.1 Å². The van der Waals surface area contributed by atoms with E-state index >= 15 is 0 Å². The van der Waals surface area contributed by atoms with Gasteiger partial charge in [0.05, 0.1) is 11.4 Å². The fraction of sp³-hybridized carbons (Fsp3) is 0.280. The Morgan fingerprint density at radius 3 is 2.52 bits per heavy atom. The van der Waals surface area contributed by atoms with E-state index in [1.54, 1.807) is 12.4 Å². The summed E-state index contributed by atoms with van der Waals surface area (Å²) in [4.78, 5) is 32.6. The summed E-state index contributed by atoms with van der Waals surface area (Å²) < 4.78 is 0. The third-order valence-corrected chi connectivity index (χ3v) is 5.16. The van der Waals surface area contributed by atoms with Gasteiger partial charge in [-0.15, -0.1) is 0 Å². The lowest BCUT2D eigenvalue weighted by Gasteiger charge is -2.12. The van der Waals surface area contributed by atoms with Gasteiger partial charge in [-0.2, -0.15) is 0 Å². The number of aromatic nitrogens is 2. The summed E-state index contributed by atoms with van der Waals surface area (Å²) in [6.45, 7) is 8.12. The molecule has 0 bridgehead atoms. The smallest absolute Gasteiger partial charge is 0.319 e. The number of ketones is 1. The molecule has 0 atom stereocenters.